The van der Waals surface area contributed by atoms with E-state index in [1.807, 2.05) is 0 Å². The van der Waals surface area contributed by atoms with Crippen LogP contribution in [0, 0.1) is 11.6 Å². The molecule has 0 aliphatic carbocycles. The van der Waals surface area contributed by atoms with Crippen LogP contribution in [0.15, 0.2) is 35.3 Å². The highest BCUT2D eigenvalue weighted by Crippen LogP contribution is 2.13. The van der Waals surface area contributed by atoms with Gasteiger partial charge in [0.05, 0.1) is 12.1 Å². The number of amides is 1. The second-order valence-electron chi connectivity index (χ2n) is 3.33. The molecule has 0 saturated heterocycles. The molecule has 17 heavy (non-hydrogen) atoms. The molecule has 0 aliphatic rings. The molecule has 4 nitrogen and oxygen atoms in total. The number of nitrogens with one attached hydrogen (secondary N) is 1. The zero-order valence-electron chi connectivity index (χ0n) is 8.61. The number of carbonyl (C=O) groups excluding carboxylic acids is 1. The van der Waals surface area contributed by atoms with E-state index in [0.29, 0.717) is 5.69 Å². The minimum Gasteiger partial charge on any atom is -0.451 e. The summed E-state index contributed by atoms with van der Waals surface area (Å²) in [5, 5.41) is 2.42. The van der Waals surface area contributed by atoms with E-state index in [4.69, 9.17) is 4.42 Å². The molecule has 0 fully saturated rings. The Kier molecular flexibility index (Phi) is 3.13. The van der Waals surface area contributed by atoms with Gasteiger partial charge in [0, 0.05) is 11.8 Å². The SMILES string of the molecule is O=C(Cc1cocn1)Nc1ccc(F)c(F)c1. The first-order valence-corrected chi connectivity index (χ1v) is 4.77. The summed E-state index contributed by atoms with van der Waals surface area (Å²) in [6.07, 6.45) is 2.56. The highest BCUT2D eigenvalue weighted by Gasteiger charge is 2.08. The number of aromatic nitrogens is 1. The van der Waals surface area contributed by atoms with Gasteiger partial charge in [0.25, 0.3) is 0 Å². The van der Waals surface area contributed by atoms with Crippen LogP contribution in [0.25, 0.3) is 0 Å². The summed E-state index contributed by atoms with van der Waals surface area (Å²) < 4.78 is 30.2. The Balaban J connectivity index is 2.00. The zero-order valence-corrected chi connectivity index (χ0v) is 8.61. The van der Waals surface area contributed by atoms with Crippen molar-refractivity contribution in [3.05, 3.63) is 48.2 Å². The van der Waals surface area contributed by atoms with E-state index in [-0.39, 0.29) is 18.0 Å². The molecule has 0 radical (unpaired) electrons. The van der Waals surface area contributed by atoms with Crippen molar-refractivity contribution in [3.8, 4) is 0 Å². The number of anilines is 1. The summed E-state index contributed by atoms with van der Waals surface area (Å²) in [6, 6.07) is 3.14. The predicted octanol–water partition coefficient (Wildman–Crippen LogP) is 2.13. The van der Waals surface area contributed by atoms with Crippen LogP contribution in [0.3, 0.4) is 0 Å². The van der Waals surface area contributed by atoms with Gasteiger partial charge < -0.3 is 9.73 Å². The van der Waals surface area contributed by atoms with Crippen LogP contribution in [-0.4, -0.2) is 10.9 Å². The summed E-state index contributed by atoms with van der Waals surface area (Å²) >= 11 is 0. The molecule has 0 spiro atoms. The van der Waals surface area contributed by atoms with Gasteiger partial charge in [-0.15, -0.1) is 0 Å². The van der Waals surface area contributed by atoms with Crippen molar-refractivity contribution in [3.63, 3.8) is 0 Å². The number of nitrogens with zero attached hydrogens (tertiary/aromatic N) is 1. The molecule has 2 rings (SSSR count). The van der Waals surface area contributed by atoms with Gasteiger partial charge in [0.1, 0.15) is 6.26 Å². The molecule has 1 aromatic carbocycles. The maximum atomic E-state index is 12.9. The summed E-state index contributed by atoms with van der Waals surface area (Å²) in [4.78, 5) is 15.2. The van der Waals surface area contributed by atoms with Crippen LogP contribution in [0.5, 0.6) is 0 Å². The van der Waals surface area contributed by atoms with E-state index in [2.05, 4.69) is 10.3 Å². The van der Waals surface area contributed by atoms with Gasteiger partial charge in [-0.2, -0.15) is 0 Å². The quantitative estimate of drug-likeness (QED) is 0.891. The molecule has 1 N–H and O–H groups in total. The van der Waals surface area contributed by atoms with Crippen LogP contribution in [0.4, 0.5) is 14.5 Å². The van der Waals surface area contributed by atoms with E-state index in [9.17, 15) is 13.6 Å². The molecule has 88 valence electrons. The standard InChI is InChI=1S/C11H8F2N2O2/c12-9-2-1-7(3-10(9)13)15-11(16)4-8-5-17-6-14-8/h1-3,5-6H,4H2,(H,15,16). The molecule has 2 aromatic rings. The zero-order chi connectivity index (χ0) is 12.3. The third-order valence-electron chi connectivity index (χ3n) is 2.03. The normalized spacial score (nSPS) is 10.2. The number of rotatable bonds is 3. The average Bonchev–Trinajstić information content (AvgIpc) is 2.76. The number of halogens is 2. The van der Waals surface area contributed by atoms with Gasteiger partial charge in [-0.1, -0.05) is 0 Å². The lowest BCUT2D eigenvalue weighted by molar-refractivity contribution is -0.115. The maximum absolute atomic E-state index is 12.9. The molecular weight excluding hydrogens is 230 g/mol. The Morgan fingerprint density at radius 3 is 2.82 bits per heavy atom. The van der Waals surface area contributed by atoms with E-state index >= 15 is 0 Å². The highest BCUT2D eigenvalue weighted by molar-refractivity contribution is 5.91. The van der Waals surface area contributed by atoms with Crippen molar-refractivity contribution in [1.29, 1.82) is 0 Å². The number of benzene rings is 1. The van der Waals surface area contributed by atoms with Gasteiger partial charge in [0.2, 0.25) is 5.91 Å². The number of oxazole rings is 1. The highest BCUT2D eigenvalue weighted by atomic mass is 19.2. The van der Waals surface area contributed by atoms with Crippen molar-refractivity contribution < 1.29 is 18.0 Å². The maximum Gasteiger partial charge on any atom is 0.230 e. The molecule has 0 bridgehead atoms. The Morgan fingerprint density at radius 1 is 1.35 bits per heavy atom. The van der Waals surface area contributed by atoms with Crippen LogP contribution >= 0.6 is 0 Å². The smallest absolute Gasteiger partial charge is 0.230 e. The van der Waals surface area contributed by atoms with Gasteiger partial charge in [-0.05, 0) is 12.1 Å². The topological polar surface area (TPSA) is 55.1 Å². The Morgan fingerprint density at radius 2 is 2.18 bits per heavy atom. The first-order valence-electron chi connectivity index (χ1n) is 4.77. The van der Waals surface area contributed by atoms with E-state index in [1.54, 1.807) is 0 Å². The minimum absolute atomic E-state index is 0.00942. The fourth-order valence-electron chi connectivity index (χ4n) is 1.27. The molecule has 1 heterocycles. The fraction of sp³-hybridized carbons (Fsp3) is 0.0909. The van der Waals surface area contributed by atoms with Crippen molar-refractivity contribution >= 4 is 11.6 Å². The molecule has 0 unspecified atom stereocenters. The van der Waals surface area contributed by atoms with E-state index in [1.165, 1.54) is 18.7 Å². The molecule has 0 atom stereocenters. The lowest BCUT2D eigenvalue weighted by Crippen LogP contribution is -2.14. The summed E-state index contributed by atoms with van der Waals surface area (Å²) in [5.41, 5.74) is 0.655. The summed E-state index contributed by atoms with van der Waals surface area (Å²) in [5.74, 6) is -2.35. The Labute approximate surface area is 95.3 Å². The van der Waals surface area contributed by atoms with E-state index in [0.717, 1.165) is 12.1 Å². The monoisotopic (exact) mass is 238 g/mol. The van der Waals surface area contributed by atoms with Crippen LogP contribution in [0.2, 0.25) is 0 Å². The van der Waals surface area contributed by atoms with Crippen molar-refractivity contribution in [2.24, 2.45) is 0 Å². The number of carbonyl (C=O) groups is 1. The summed E-state index contributed by atoms with van der Waals surface area (Å²) in [7, 11) is 0. The number of hydrogen-bond acceptors (Lipinski definition) is 3. The van der Waals surface area contributed by atoms with Gasteiger partial charge in [0.15, 0.2) is 18.0 Å². The van der Waals surface area contributed by atoms with E-state index < -0.39 is 11.6 Å². The lowest BCUT2D eigenvalue weighted by Gasteiger charge is -2.04. The molecule has 6 heteroatoms. The second-order valence-corrected chi connectivity index (χ2v) is 3.33. The fourth-order valence-corrected chi connectivity index (χ4v) is 1.27. The van der Waals surface area contributed by atoms with Gasteiger partial charge in [-0.25, -0.2) is 13.8 Å². The average molecular weight is 238 g/mol. The second kappa shape index (κ2) is 4.73. The number of hydrogen-bond donors (Lipinski definition) is 1. The Bertz CT molecular complexity index is 526. The minimum atomic E-state index is -1.01. The lowest BCUT2D eigenvalue weighted by atomic mass is 10.2. The Hall–Kier alpha value is -2.24. The molecule has 1 aromatic heterocycles. The van der Waals surface area contributed by atoms with Crippen molar-refractivity contribution in [2.45, 2.75) is 6.42 Å². The molecule has 1 amide bonds. The first-order chi connectivity index (χ1) is 8.15. The largest absolute Gasteiger partial charge is 0.451 e. The molecule has 0 aliphatic heterocycles. The van der Waals surface area contributed by atoms with Crippen LogP contribution in [0.1, 0.15) is 5.69 Å². The predicted molar refractivity (Wildman–Crippen MR) is 55.2 cm³/mol. The van der Waals surface area contributed by atoms with Crippen molar-refractivity contribution in [1.82, 2.24) is 4.98 Å². The molecular formula is C11H8F2N2O2. The summed E-state index contributed by atoms with van der Waals surface area (Å²) in [6.45, 7) is 0. The third kappa shape index (κ3) is 2.87. The van der Waals surface area contributed by atoms with Crippen LogP contribution < -0.4 is 5.32 Å². The van der Waals surface area contributed by atoms with Crippen LogP contribution in [-0.2, 0) is 11.2 Å². The van der Waals surface area contributed by atoms with Crippen molar-refractivity contribution in [2.75, 3.05) is 5.32 Å². The first kappa shape index (κ1) is 11.3. The van der Waals surface area contributed by atoms with Gasteiger partial charge >= 0.3 is 0 Å². The van der Waals surface area contributed by atoms with Gasteiger partial charge in [-0.3, -0.25) is 4.79 Å². The molecule has 0 saturated carbocycles. The third-order valence-corrected chi connectivity index (χ3v) is 2.03.